The number of nitrogens with two attached hydrogens (primary N) is 1. The summed E-state index contributed by atoms with van der Waals surface area (Å²) in [7, 11) is -3.51. The minimum Gasteiger partial charge on any atom is -0.326 e. The summed E-state index contributed by atoms with van der Waals surface area (Å²) in [5, 5.41) is 0. The molecule has 0 heterocycles. The fourth-order valence-corrected chi connectivity index (χ4v) is 5.07. The molecule has 0 bridgehead atoms. The average Bonchev–Trinajstić information content (AvgIpc) is 2.92. The lowest BCUT2D eigenvalue weighted by atomic mass is 10.0. The van der Waals surface area contributed by atoms with Gasteiger partial charge >= 0.3 is 0 Å². The molecule has 0 aliphatic heterocycles. The van der Waals surface area contributed by atoms with Gasteiger partial charge in [0.2, 0.25) is 10.0 Å². The highest BCUT2D eigenvalue weighted by molar-refractivity contribution is 9.10. The van der Waals surface area contributed by atoms with Crippen molar-refractivity contribution in [2.75, 3.05) is 0 Å². The summed E-state index contributed by atoms with van der Waals surface area (Å²) in [5.41, 5.74) is 6.39. The maximum atomic E-state index is 12.5. The van der Waals surface area contributed by atoms with Crippen LogP contribution in [0.2, 0.25) is 0 Å². The van der Waals surface area contributed by atoms with Gasteiger partial charge in [0.1, 0.15) is 0 Å². The molecule has 1 aromatic rings. The summed E-state index contributed by atoms with van der Waals surface area (Å²) in [6, 6.07) is 5.16. The molecule has 1 saturated carbocycles. The van der Waals surface area contributed by atoms with Crippen LogP contribution in [-0.4, -0.2) is 14.5 Å². The van der Waals surface area contributed by atoms with E-state index in [0.29, 0.717) is 16.9 Å². The van der Waals surface area contributed by atoms with Crippen molar-refractivity contribution in [3.63, 3.8) is 0 Å². The fraction of sp³-hybridized carbons (Fsp3) is 0.571. The van der Waals surface area contributed by atoms with Crippen LogP contribution in [0.25, 0.3) is 0 Å². The van der Waals surface area contributed by atoms with Crippen LogP contribution in [-0.2, 0) is 16.6 Å². The van der Waals surface area contributed by atoms with E-state index in [2.05, 4.69) is 20.7 Å². The van der Waals surface area contributed by atoms with Gasteiger partial charge in [0.25, 0.3) is 0 Å². The maximum absolute atomic E-state index is 12.5. The van der Waals surface area contributed by atoms with Gasteiger partial charge in [-0.25, -0.2) is 13.1 Å². The number of hydrogen-bond donors (Lipinski definition) is 2. The Bertz CT molecular complexity index is 569. The molecule has 1 aliphatic carbocycles. The molecule has 0 radical (unpaired) electrons. The molecule has 1 fully saturated rings. The monoisotopic (exact) mass is 360 g/mol. The van der Waals surface area contributed by atoms with Crippen molar-refractivity contribution < 1.29 is 8.42 Å². The van der Waals surface area contributed by atoms with Crippen LogP contribution in [0.15, 0.2) is 27.6 Å². The number of rotatable bonds is 5. The van der Waals surface area contributed by atoms with Gasteiger partial charge in [-0.3, -0.25) is 0 Å². The second-order valence-corrected chi connectivity index (χ2v) is 7.96. The number of sulfonamides is 1. The molecule has 1 aromatic carbocycles. The minimum absolute atomic E-state index is 0.0315. The zero-order chi connectivity index (χ0) is 14.8. The summed E-state index contributed by atoms with van der Waals surface area (Å²) in [5.74, 6) is 0.446. The van der Waals surface area contributed by atoms with Crippen LogP contribution in [0.1, 0.15) is 38.2 Å². The normalized spacial score (nSPS) is 18.4. The quantitative estimate of drug-likeness (QED) is 0.847. The molecule has 3 N–H and O–H groups in total. The molecule has 1 atom stereocenters. The number of nitrogens with one attached hydrogen (secondary N) is 1. The molecule has 0 aromatic heterocycles. The third-order valence-electron chi connectivity index (χ3n) is 3.97. The summed E-state index contributed by atoms with van der Waals surface area (Å²) in [6.07, 6.45) is 4.60. The Morgan fingerprint density at radius 2 is 2.05 bits per heavy atom. The summed E-state index contributed by atoms with van der Waals surface area (Å²) in [4.78, 5) is 0.269. The largest absolute Gasteiger partial charge is 0.326 e. The zero-order valence-corrected chi connectivity index (χ0v) is 14.0. The van der Waals surface area contributed by atoms with E-state index in [1.54, 1.807) is 12.1 Å². The molecule has 2 rings (SSSR count). The van der Waals surface area contributed by atoms with Gasteiger partial charge in [-0.15, -0.1) is 0 Å². The number of halogens is 1. The second kappa shape index (κ2) is 6.56. The Hall–Kier alpha value is -0.430. The maximum Gasteiger partial charge on any atom is 0.241 e. The zero-order valence-electron chi connectivity index (χ0n) is 11.6. The van der Waals surface area contributed by atoms with Crippen molar-refractivity contribution >= 4 is 26.0 Å². The highest BCUT2D eigenvalue weighted by atomic mass is 79.9. The topological polar surface area (TPSA) is 72.2 Å². The molecule has 4 nitrogen and oxygen atoms in total. The first-order chi connectivity index (χ1) is 9.44. The fourth-order valence-electron chi connectivity index (χ4n) is 2.74. The Kier molecular flexibility index (Phi) is 5.23. The molecule has 0 saturated heterocycles. The molecular formula is C14H21BrN2O2S. The van der Waals surface area contributed by atoms with Crippen molar-refractivity contribution in [1.29, 1.82) is 0 Å². The smallest absolute Gasteiger partial charge is 0.241 e. The molecular weight excluding hydrogens is 340 g/mol. The lowest BCUT2D eigenvalue weighted by molar-refractivity contribution is 0.424. The van der Waals surface area contributed by atoms with Crippen LogP contribution in [0.3, 0.4) is 0 Å². The molecule has 0 amide bonds. The standard InChI is InChI=1S/C14H21BrN2O2S/c1-10(12-4-2-3-5-12)17-20(18,19)14-8-11(9-16)6-7-13(14)15/h6-8,10,12,17H,2-5,9,16H2,1H3. The van der Waals surface area contributed by atoms with Crippen LogP contribution < -0.4 is 10.5 Å². The summed E-state index contributed by atoms with van der Waals surface area (Å²) in [6.45, 7) is 2.28. The van der Waals surface area contributed by atoms with Crippen molar-refractivity contribution in [1.82, 2.24) is 4.72 Å². The summed E-state index contributed by atoms with van der Waals surface area (Å²) < 4.78 is 28.4. The van der Waals surface area contributed by atoms with Crippen LogP contribution in [0.5, 0.6) is 0 Å². The van der Waals surface area contributed by atoms with Gasteiger partial charge in [0.05, 0.1) is 4.90 Å². The Balaban J connectivity index is 2.21. The van der Waals surface area contributed by atoms with Gasteiger partial charge in [0, 0.05) is 17.1 Å². The van der Waals surface area contributed by atoms with Gasteiger partial charge in [0.15, 0.2) is 0 Å². The predicted octanol–water partition coefficient (Wildman–Crippen LogP) is 2.76. The molecule has 1 aliphatic rings. The van der Waals surface area contributed by atoms with Gasteiger partial charge in [-0.2, -0.15) is 0 Å². The van der Waals surface area contributed by atoms with E-state index in [4.69, 9.17) is 5.73 Å². The third kappa shape index (κ3) is 3.61. The van der Waals surface area contributed by atoms with E-state index in [1.165, 1.54) is 12.8 Å². The van der Waals surface area contributed by atoms with Gasteiger partial charge in [-0.1, -0.05) is 18.9 Å². The molecule has 20 heavy (non-hydrogen) atoms. The van der Waals surface area contributed by atoms with Crippen molar-refractivity contribution in [3.05, 3.63) is 28.2 Å². The first-order valence-corrected chi connectivity index (χ1v) is 9.22. The molecule has 0 spiro atoms. The van der Waals surface area contributed by atoms with E-state index in [9.17, 15) is 8.42 Å². The van der Waals surface area contributed by atoms with E-state index in [1.807, 2.05) is 13.0 Å². The van der Waals surface area contributed by atoms with Crippen LogP contribution in [0, 0.1) is 5.92 Å². The number of benzene rings is 1. The van der Waals surface area contributed by atoms with E-state index in [-0.39, 0.29) is 10.9 Å². The van der Waals surface area contributed by atoms with Crippen LogP contribution in [0.4, 0.5) is 0 Å². The van der Waals surface area contributed by atoms with Crippen molar-refractivity contribution in [2.45, 2.75) is 50.1 Å². The van der Waals surface area contributed by atoms with Crippen LogP contribution >= 0.6 is 15.9 Å². The average molecular weight is 361 g/mol. The highest BCUT2D eigenvalue weighted by Crippen LogP contribution is 2.29. The first kappa shape index (κ1) is 15.9. The first-order valence-electron chi connectivity index (χ1n) is 6.95. The second-order valence-electron chi connectivity index (χ2n) is 5.42. The summed E-state index contributed by atoms with van der Waals surface area (Å²) >= 11 is 3.31. The van der Waals surface area contributed by atoms with Gasteiger partial charge < -0.3 is 5.73 Å². The Labute approximate surface area is 129 Å². The predicted molar refractivity (Wildman–Crippen MR) is 83.8 cm³/mol. The molecule has 6 heteroatoms. The van der Waals surface area contributed by atoms with E-state index >= 15 is 0 Å². The third-order valence-corrected chi connectivity index (χ3v) is 6.52. The molecule has 1 unspecified atom stereocenters. The lowest BCUT2D eigenvalue weighted by Crippen LogP contribution is -2.37. The number of hydrogen-bond acceptors (Lipinski definition) is 3. The Morgan fingerprint density at radius 3 is 2.65 bits per heavy atom. The highest BCUT2D eigenvalue weighted by Gasteiger charge is 2.27. The van der Waals surface area contributed by atoms with E-state index in [0.717, 1.165) is 18.4 Å². The molecule has 112 valence electrons. The Morgan fingerprint density at radius 1 is 1.40 bits per heavy atom. The SMILES string of the molecule is CC(NS(=O)(=O)c1cc(CN)ccc1Br)C1CCCC1. The van der Waals surface area contributed by atoms with Crippen molar-refractivity contribution in [3.8, 4) is 0 Å². The van der Waals surface area contributed by atoms with Gasteiger partial charge in [-0.05, 0) is 59.3 Å². The van der Waals surface area contributed by atoms with E-state index < -0.39 is 10.0 Å². The van der Waals surface area contributed by atoms with Crippen molar-refractivity contribution in [2.24, 2.45) is 11.7 Å². The minimum atomic E-state index is -3.51. The lowest BCUT2D eigenvalue weighted by Gasteiger charge is -2.21.